The van der Waals surface area contributed by atoms with Crippen molar-refractivity contribution in [3.63, 3.8) is 0 Å². The van der Waals surface area contributed by atoms with E-state index in [9.17, 15) is 5.11 Å². The van der Waals surface area contributed by atoms with Gasteiger partial charge in [0.1, 0.15) is 0 Å². The van der Waals surface area contributed by atoms with Gasteiger partial charge in [-0.1, -0.05) is 20.8 Å². The van der Waals surface area contributed by atoms with E-state index in [1.807, 2.05) is 0 Å². The van der Waals surface area contributed by atoms with Crippen LogP contribution in [0.4, 0.5) is 0 Å². The summed E-state index contributed by atoms with van der Waals surface area (Å²) in [4.78, 5) is 2.30. The van der Waals surface area contributed by atoms with Gasteiger partial charge in [0.15, 0.2) is 0 Å². The molecule has 0 aromatic carbocycles. The zero-order chi connectivity index (χ0) is 14.2. The molecule has 110 valence electrons. The van der Waals surface area contributed by atoms with Crippen molar-refractivity contribution in [2.24, 2.45) is 5.41 Å². The van der Waals surface area contributed by atoms with Crippen molar-refractivity contribution in [3.05, 3.63) is 0 Å². The fourth-order valence-electron chi connectivity index (χ4n) is 2.15. The Hall–Kier alpha value is -0.120. The molecule has 0 saturated carbocycles. The Balaban J connectivity index is 4.59. The molecule has 0 rings (SSSR count). The fourth-order valence-corrected chi connectivity index (χ4v) is 2.15. The van der Waals surface area contributed by atoms with Crippen molar-refractivity contribution in [1.29, 1.82) is 0 Å². The van der Waals surface area contributed by atoms with E-state index < -0.39 is 0 Å². The van der Waals surface area contributed by atoms with E-state index in [1.165, 1.54) is 19.3 Å². The quantitative estimate of drug-likeness (QED) is 0.591. The average Bonchev–Trinajstić information content (AvgIpc) is 2.37. The lowest BCUT2D eigenvalue weighted by Crippen LogP contribution is -2.51. The Labute approximate surface area is 114 Å². The van der Waals surface area contributed by atoms with Gasteiger partial charge in [-0.3, -0.25) is 4.90 Å². The second-order valence-corrected chi connectivity index (χ2v) is 6.21. The first kappa shape index (κ1) is 17.9. The molecular weight excluding hydrogens is 224 g/mol. The van der Waals surface area contributed by atoms with Crippen LogP contribution in [0.5, 0.6) is 0 Å². The first-order chi connectivity index (χ1) is 8.37. The topological polar surface area (TPSA) is 35.5 Å². The summed E-state index contributed by atoms with van der Waals surface area (Å²) in [6.45, 7) is 14.3. The molecule has 0 saturated heterocycles. The van der Waals surface area contributed by atoms with E-state index in [2.05, 4.69) is 51.9 Å². The predicted octanol–water partition coefficient (Wildman–Crippen LogP) is 2.50. The van der Waals surface area contributed by atoms with E-state index >= 15 is 0 Å². The molecule has 0 aromatic heterocycles. The summed E-state index contributed by atoms with van der Waals surface area (Å²) in [6, 6.07) is 0. The number of aliphatic hydroxyl groups excluding tert-OH is 1. The zero-order valence-electron chi connectivity index (χ0n) is 13.3. The second kappa shape index (κ2) is 8.13. The average molecular weight is 258 g/mol. The van der Waals surface area contributed by atoms with Gasteiger partial charge < -0.3 is 10.4 Å². The Kier molecular flexibility index (Phi) is 8.08. The molecule has 0 bridgehead atoms. The van der Waals surface area contributed by atoms with Crippen LogP contribution in [-0.2, 0) is 0 Å². The molecule has 0 radical (unpaired) electrons. The van der Waals surface area contributed by atoms with Crippen LogP contribution in [0, 0.1) is 5.41 Å². The van der Waals surface area contributed by atoms with E-state index in [-0.39, 0.29) is 12.1 Å². The summed E-state index contributed by atoms with van der Waals surface area (Å²) in [7, 11) is 2.12. The lowest BCUT2D eigenvalue weighted by atomic mass is 9.80. The maximum atomic E-state index is 9.46. The zero-order valence-corrected chi connectivity index (χ0v) is 13.3. The highest BCUT2D eigenvalue weighted by atomic mass is 16.3. The Bertz CT molecular complexity index is 213. The molecule has 2 N–H and O–H groups in total. The van der Waals surface area contributed by atoms with Crippen LogP contribution in [0.2, 0.25) is 0 Å². The van der Waals surface area contributed by atoms with Crippen LogP contribution in [-0.4, -0.2) is 48.8 Å². The minimum atomic E-state index is -0.139. The number of aliphatic hydroxyl groups is 1. The minimum absolute atomic E-state index is 0.139. The van der Waals surface area contributed by atoms with E-state index in [0.29, 0.717) is 5.41 Å². The van der Waals surface area contributed by atoms with Crippen LogP contribution in [0.1, 0.15) is 53.9 Å². The van der Waals surface area contributed by atoms with Crippen LogP contribution >= 0.6 is 0 Å². The lowest BCUT2D eigenvalue weighted by Gasteiger charge is -2.42. The molecule has 0 unspecified atom stereocenters. The monoisotopic (exact) mass is 258 g/mol. The fraction of sp³-hybridized carbons (Fsp3) is 1.00. The number of nitrogens with zero attached hydrogens (tertiary/aromatic N) is 1. The SMILES string of the molecule is CCCNCC(CC)(CC)CN(C)C(C)(C)CO. The number of hydrogen-bond acceptors (Lipinski definition) is 3. The molecule has 18 heavy (non-hydrogen) atoms. The lowest BCUT2D eigenvalue weighted by molar-refractivity contribution is 0.0369. The number of hydrogen-bond donors (Lipinski definition) is 2. The van der Waals surface area contributed by atoms with Crippen LogP contribution < -0.4 is 5.32 Å². The predicted molar refractivity (Wildman–Crippen MR) is 80.0 cm³/mol. The Morgan fingerprint density at radius 1 is 1.11 bits per heavy atom. The highest BCUT2D eigenvalue weighted by Crippen LogP contribution is 2.29. The maximum absolute atomic E-state index is 9.46. The molecule has 0 atom stereocenters. The van der Waals surface area contributed by atoms with E-state index in [0.717, 1.165) is 19.6 Å². The third kappa shape index (κ3) is 5.25. The van der Waals surface area contributed by atoms with Gasteiger partial charge in [-0.2, -0.15) is 0 Å². The summed E-state index contributed by atoms with van der Waals surface area (Å²) < 4.78 is 0. The second-order valence-electron chi connectivity index (χ2n) is 6.21. The maximum Gasteiger partial charge on any atom is 0.0609 e. The first-order valence-electron chi connectivity index (χ1n) is 7.40. The first-order valence-corrected chi connectivity index (χ1v) is 7.40. The molecule has 0 amide bonds. The van der Waals surface area contributed by atoms with Crippen molar-refractivity contribution in [3.8, 4) is 0 Å². The molecule has 0 aliphatic heterocycles. The molecule has 0 aliphatic carbocycles. The molecule has 0 aliphatic rings. The Morgan fingerprint density at radius 3 is 2.06 bits per heavy atom. The van der Waals surface area contributed by atoms with E-state index in [1.54, 1.807) is 0 Å². The van der Waals surface area contributed by atoms with Crippen LogP contribution in [0.15, 0.2) is 0 Å². The standard InChI is InChI=1S/C15H34N2O/c1-7-10-16-11-15(8-2,9-3)12-17(6)14(4,5)13-18/h16,18H,7-13H2,1-6H3. The van der Waals surface area contributed by atoms with Gasteiger partial charge in [0, 0.05) is 18.6 Å². The van der Waals surface area contributed by atoms with Gasteiger partial charge in [0.05, 0.1) is 6.61 Å². The van der Waals surface area contributed by atoms with Gasteiger partial charge in [-0.25, -0.2) is 0 Å². The third-order valence-electron chi connectivity index (χ3n) is 4.42. The summed E-state index contributed by atoms with van der Waals surface area (Å²) >= 11 is 0. The van der Waals surface area contributed by atoms with Crippen molar-refractivity contribution in [2.75, 3.05) is 33.3 Å². The van der Waals surface area contributed by atoms with Crippen molar-refractivity contribution >= 4 is 0 Å². The van der Waals surface area contributed by atoms with Crippen LogP contribution in [0.25, 0.3) is 0 Å². The third-order valence-corrected chi connectivity index (χ3v) is 4.42. The largest absolute Gasteiger partial charge is 0.394 e. The molecule has 3 heteroatoms. The molecule has 0 fully saturated rings. The van der Waals surface area contributed by atoms with Gasteiger partial charge in [-0.15, -0.1) is 0 Å². The number of nitrogens with one attached hydrogen (secondary N) is 1. The highest BCUT2D eigenvalue weighted by Gasteiger charge is 2.32. The summed E-state index contributed by atoms with van der Waals surface area (Å²) in [6.07, 6.45) is 3.53. The Morgan fingerprint density at radius 2 is 1.67 bits per heavy atom. The van der Waals surface area contributed by atoms with E-state index in [4.69, 9.17) is 0 Å². The summed E-state index contributed by atoms with van der Waals surface area (Å²) in [5, 5.41) is 13.0. The van der Waals surface area contributed by atoms with Crippen molar-refractivity contribution in [2.45, 2.75) is 59.4 Å². The van der Waals surface area contributed by atoms with Crippen molar-refractivity contribution in [1.82, 2.24) is 10.2 Å². The van der Waals surface area contributed by atoms with Crippen molar-refractivity contribution < 1.29 is 5.11 Å². The minimum Gasteiger partial charge on any atom is -0.394 e. The molecule has 0 spiro atoms. The molecule has 0 aromatic rings. The number of likely N-dealkylation sites (N-methyl/N-ethyl adjacent to an activating group) is 1. The normalized spacial score (nSPS) is 13.3. The van der Waals surface area contributed by atoms with Gasteiger partial charge in [0.25, 0.3) is 0 Å². The highest BCUT2D eigenvalue weighted by molar-refractivity contribution is 4.87. The summed E-state index contributed by atoms with van der Waals surface area (Å²) in [5.41, 5.74) is 0.177. The molecular formula is C15H34N2O. The summed E-state index contributed by atoms with van der Waals surface area (Å²) in [5.74, 6) is 0. The van der Waals surface area contributed by atoms with Gasteiger partial charge >= 0.3 is 0 Å². The molecule has 3 nitrogen and oxygen atoms in total. The van der Waals surface area contributed by atoms with Gasteiger partial charge in [-0.05, 0) is 52.1 Å². The van der Waals surface area contributed by atoms with Gasteiger partial charge in [0.2, 0.25) is 0 Å². The smallest absolute Gasteiger partial charge is 0.0609 e. The van der Waals surface area contributed by atoms with Crippen LogP contribution in [0.3, 0.4) is 0 Å². The number of rotatable bonds is 10. The molecule has 0 heterocycles.